The molecule has 0 aliphatic heterocycles. The van der Waals surface area contributed by atoms with Gasteiger partial charge in [0.25, 0.3) is 0 Å². The lowest BCUT2D eigenvalue weighted by Crippen LogP contribution is -2.23. The summed E-state index contributed by atoms with van der Waals surface area (Å²) in [5.41, 5.74) is 10.5. The molecule has 0 bridgehead atoms. The van der Waals surface area contributed by atoms with Gasteiger partial charge >= 0.3 is 0 Å². The Hall–Kier alpha value is -1.45. The van der Waals surface area contributed by atoms with Crippen LogP contribution in [-0.2, 0) is 0 Å². The molecule has 1 aromatic heterocycles. The van der Waals surface area contributed by atoms with Gasteiger partial charge < -0.3 is 15.9 Å². The Balaban J connectivity index is 2.77. The van der Waals surface area contributed by atoms with Crippen molar-refractivity contribution in [2.45, 2.75) is 19.4 Å². The minimum Gasteiger partial charge on any atom is -0.467 e. The SMILES string of the molecule is CCC(N=C(N)N)c1ccco1. The third-order valence-corrected chi connectivity index (χ3v) is 1.56. The summed E-state index contributed by atoms with van der Waals surface area (Å²) in [6.45, 7) is 2.00. The van der Waals surface area contributed by atoms with E-state index in [9.17, 15) is 0 Å². The molecule has 1 heterocycles. The van der Waals surface area contributed by atoms with Crippen molar-refractivity contribution in [1.29, 1.82) is 0 Å². The maximum Gasteiger partial charge on any atom is 0.186 e. The summed E-state index contributed by atoms with van der Waals surface area (Å²) < 4.78 is 5.17. The number of nitrogens with zero attached hydrogens (tertiary/aromatic N) is 1. The van der Waals surface area contributed by atoms with Gasteiger partial charge in [0.2, 0.25) is 0 Å². The molecule has 0 saturated heterocycles. The molecule has 0 radical (unpaired) electrons. The molecule has 1 aromatic rings. The topological polar surface area (TPSA) is 77.5 Å². The molecule has 0 amide bonds. The van der Waals surface area contributed by atoms with Gasteiger partial charge in [0, 0.05) is 0 Å². The zero-order valence-electron chi connectivity index (χ0n) is 7.03. The predicted octanol–water partition coefficient (Wildman–Crippen LogP) is 1.00. The standard InChI is InChI=1S/C8H13N3O/c1-2-6(11-8(9)10)7-4-3-5-12-7/h3-6H,2H2,1H3,(H4,9,10,11). The molecule has 66 valence electrons. The lowest BCUT2D eigenvalue weighted by Gasteiger charge is -2.05. The van der Waals surface area contributed by atoms with E-state index in [2.05, 4.69) is 4.99 Å². The number of rotatable bonds is 3. The Morgan fingerprint density at radius 3 is 2.83 bits per heavy atom. The fourth-order valence-corrected chi connectivity index (χ4v) is 1.02. The van der Waals surface area contributed by atoms with Gasteiger partial charge in [0.05, 0.1) is 6.26 Å². The Bertz CT molecular complexity index is 249. The molecular formula is C8H13N3O. The molecule has 1 rings (SSSR count). The van der Waals surface area contributed by atoms with Crippen molar-refractivity contribution < 1.29 is 4.42 Å². The van der Waals surface area contributed by atoms with Gasteiger partial charge in [-0.15, -0.1) is 0 Å². The highest BCUT2D eigenvalue weighted by molar-refractivity contribution is 5.75. The van der Waals surface area contributed by atoms with E-state index in [0.29, 0.717) is 0 Å². The van der Waals surface area contributed by atoms with Crippen LogP contribution in [0.1, 0.15) is 25.1 Å². The maximum absolute atomic E-state index is 5.26. The fraction of sp³-hybridized carbons (Fsp3) is 0.375. The summed E-state index contributed by atoms with van der Waals surface area (Å²) in [5, 5.41) is 0. The molecule has 4 N–H and O–H groups in total. The van der Waals surface area contributed by atoms with E-state index in [1.165, 1.54) is 0 Å². The van der Waals surface area contributed by atoms with Gasteiger partial charge in [-0.3, -0.25) is 0 Å². The van der Waals surface area contributed by atoms with E-state index in [-0.39, 0.29) is 12.0 Å². The average Bonchev–Trinajstić information content (AvgIpc) is 2.51. The van der Waals surface area contributed by atoms with Crippen molar-refractivity contribution in [2.75, 3.05) is 0 Å². The fourth-order valence-electron chi connectivity index (χ4n) is 1.02. The van der Waals surface area contributed by atoms with Gasteiger partial charge in [0.1, 0.15) is 11.8 Å². The zero-order valence-corrected chi connectivity index (χ0v) is 7.03. The quantitative estimate of drug-likeness (QED) is 0.520. The van der Waals surface area contributed by atoms with E-state index in [1.807, 2.05) is 19.1 Å². The van der Waals surface area contributed by atoms with Crippen molar-refractivity contribution in [3.8, 4) is 0 Å². The van der Waals surface area contributed by atoms with Gasteiger partial charge in [-0.2, -0.15) is 0 Å². The van der Waals surface area contributed by atoms with Crippen molar-refractivity contribution in [1.82, 2.24) is 0 Å². The number of guanidine groups is 1. The van der Waals surface area contributed by atoms with Crippen LogP contribution in [0.2, 0.25) is 0 Å². The van der Waals surface area contributed by atoms with Crippen LogP contribution in [-0.4, -0.2) is 5.96 Å². The second-order valence-corrected chi connectivity index (χ2v) is 2.49. The molecule has 0 aliphatic carbocycles. The second kappa shape index (κ2) is 3.80. The van der Waals surface area contributed by atoms with Crippen LogP contribution in [0.4, 0.5) is 0 Å². The van der Waals surface area contributed by atoms with E-state index in [4.69, 9.17) is 15.9 Å². The molecule has 4 heteroatoms. The van der Waals surface area contributed by atoms with Gasteiger partial charge in [-0.25, -0.2) is 4.99 Å². The summed E-state index contributed by atoms with van der Waals surface area (Å²) in [6.07, 6.45) is 2.44. The summed E-state index contributed by atoms with van der Waals surface area (Å²) in [5.74, 6) is 0.893. The average molecular weight is 167 g/mol. The molecule has 0 aromatic carbocycles. The van der Waals surface area contributed by atoms with Crippen LogP contribution in [0.3, 0.4) is 0 Å². The normalized spacial score (nSPS) is 12.4. The van der Waals surface area contributed by atoms with Crippen LogP contribution in [0.15, 0.2) is 27.8 Å². The highest BCUT2D eigenvalue weighted by Gasteiger charge is 2.09. The summed E-state index contributed by atoms with van der Waals surface area (Å²) in [7, 11) is 0. The molecule has 1 atom stereocenters. The Morgan fingerprint density at radius 2 is 2.42 bits per heavy atom. The van der Waals surface area contributed by atoms with Crippen molar-refractivity contribution in [3.05, 3.63) is 24.2 Å². The highest BCUT2D eigenvalue weighted by Crippen LogP contribution is 2.20. The van der Waals surface area contributed by atoms with Crippen LogP contribution in [0, 0.1) is 0 Å². The molecule has 1 unspecified atom stereocenters. The molecule has 4 nitrogen and oxygen atoms in total. The number of nitrogens with two attached hydrogens (primary N) is 2. The largest absolute Gasteiger partial charge is 0.467 e. The second-order valence-electron chi connectivity index (χ2n) is 2.49. The molecule has 0 spiro atoms. The van der Waals surface area contributed by atoms with Crippen molar-refractivity contribution in [2.24, 2.45) is 16.5 Å². The first-order chi connectivity index (χ1) is 5.74. The first-order valence-corrected chi connectivity index (χ1v) is 3.86. The Labute approximate surface area is 71.3 Å². The number of hydrogen-bond acceptors (Lipinski definition) is 2. The zero-order chi connectivity index (χ0) is 8.97. The van der Waals surface area contributed by atoms with Gasteiger partial charge in [-0.05, 0) is 18.6 Å². The minimum absolute atomic E-state index is 0.0509. The lowest BCUT2D eigenvalue weighted by molar-refractivity contribution is 0.461. The summed E-state index contributed by atoms with van der Waals surface area (Å²) in [4.78, 5) is 4.02. The first-order valence-electron chi connectivity index (χ1n) is 3.86. The van der Waals surface area contributed by atoms with Crippen LogP contribution in [0.5, 0.6) is 0 Å². The van der Waals surface area contributed by atoms with Gasteiger partial charge in [0.15, 0.2) is 5.96 Å². The highest BCUT2D eigenvalue weighted by atomic mass is 16.3. The molecular weight excluding hydrogens is 154 g/mol. The minimum atomic E-state index is -0.0509. The smallest absolute Gasteiger partial charge is 0.186 e. The van der Waals surface area contributed by atoms with Crippen molar-refractivity contribution in [3.63, 3.8) is 0 Å². The maximum atomic E-state index is 5.26. The molecule has 0 saturated carbocycles. The monoisotopic (exact) mass is 167 g/mol. The predicted molar refractivity (Wildman–Crippen MR) is 47.5 cm³/mol. The third kappa shape index (κ3) is 2.02. The number of aliphatic imine (C=N–C) groups is 1. The first kappa shape index (κ1) is 8.64. The molecule has 12 heavy (non-hydrogen) atoms. The van der Waals surface area contributed by atoms with Crippen LogP contribution >= 0.6 is 0 Å². The van der Waals surface area contributed by atoms with E-state index in [0.717, 1.165) is 12.2 Å². The number of hydrogen-bond donors (Lipinski definition) is 2. The number of furan rings is 1. The molecule has 0 aliphatic rings. The van der Waals surface area contributed by atoms with Crippen LogP contribution < -0.4 is 11.5 Å². The van der Waals surface area contributed by atoms with Gasteiger partial charge in [-0.1, -0.05) is 6.92 Å². The lowest BCUT2D eigenvalue weighted by atomic mass is 10.2. The van der Waals surface area contributed by atoms with E-state index < -0.39 is 0 Å². The summed E-state index contributed by atoms with van der Waals surface area (Å²) >= 11 is 0. The third-order valence-electron chi connectivity index (χ3n) is 1.56. The van der Waals surface area contributed by atoms with E-state index in [1.54, 1.807) is 6.26 Å². The molecule has 0 fully saturated rings. The Morgan fingerprint density at radius 1 is 1.67 bits per heavy atom. The van der Waals surface area contributed by atoms with Crippen LogP contribution in [0.25, 0.3) is 0 Å². The van der Waals surface area contributed by atoms with Crippen molar-refractivity contribution >= 4 is 5.96 Å². The Kier molecular flexibility index (Phi) is 2.74. The summed E-state index contributed by atoms with van der Waals surface area (Å²) in [6, 6.07) is 3.63. The van der Waals surface area contributed by atoms with E-state index >= 15 is 0 Å².